The summed E-state index contributed by atoms with van der Waals surface area (Å²) in [6.45, 7) is 2.66. The molecule has 0 radical (unpaired) electrons. The van der Waals surface area contributed by atoms with E-state index in [1.807, 2.05) is 53.9 Å². The van der Waals surface area contributed by atoms with Gasteiger partial charge in [-0.15, -0.1) is 11.3 Å². The maximum absolute atomic E-state index is 10.3. The molecule has 0 fully saturated rings. The number of benzene rings is 2. The average molecular weight is 430 g/mol. The molecule has 0 aliphatic carbocycles. The quantitative estimate of drug-likeness (QED) is 0.177. The minimum atomic E-state index is -0.971. The van der Waals surface area contributed by atoms with Crippen LogP contribution in [0.4, 0.5) is 5.13 Å². The van der Waals surface area contributed by atoms with Gasteiger partial charge in [-0.1, -0.05) is 73.8 Å². The van der Waals surface area contributed by atoms with Crippen LogP contribution < -0.4 is 5.43 Å². The smallest absolute Gasteiger partial charge is 0.203 e. The van der Waals surface area contributed by atoms with E-state index < -0.39 is 6.29 Å². The summed E-state index contributed by atoms with van der Waals surface area (Å²) in [6, 6.07) is 15.1. The largest absolute Gasteiger partial charge is 0.364 e. The van der Waals surface area contributed by atoms with E-state index in [1.165, 1.54) is 11.3 Å². The van der Waals surface area contributed by atoms with Crippen LogP contribution in [0.25, 0.3) is 11.3 Å². The lowest BCUT2D eigenvalue weighted by Crippen LogP contribution is -2.07. The van der Waals surface area contributed by atoms with Crippen LogP contribution in [0.15, 0.2) is 59.0 Å². The lowest BCUT2D eigenvalue weighted by molar-refractivity contribution is -0.103. The summed E-state index contributed by atoms with van der Waals surface area (Å²) in [5.74, 6) is 0. The number of ether oxygens (including phenoxy) is 1. The second kappa shape index (κ2) is 11.1. The number of halogens is 1. The molecule has 2 N–H and O–H groups in total. The number of unbranched alkanes of at least 4 members (excludes halogenated alkanes) is 2. The van der Waals surface area contributed by atoms with Crippen LogP contribution in [0.5, 0.6) is 0 Å². The van der Waals surface area contributed by atoms with Gasteiger partial charge in [-0.05, 0) is 12.5 Å². The van der Waals surface area contributed by atoms with Crippen molar-refractivity contribution in [2.75, 3.05) is 12.0 Å². The van der Waals surface area contributed by atoms with Gasteiger partial charge in [0, 0.05) is 27.1 Å². The van der Waals surface area contributed by atoms with Gasteiger partial charge in [0.05, 0.1) is 18.5 Å². The van der Waals surface area contributed by atoms with Crippen LogP contribution in [-0.2, 0) is 4.74 Å². The molecule has 3 rings (SSSR count). The van der Waals surface area contributed by atoms with Gasteiger partial charge < -0.3 is 9.84 Å². The highest BCUT2D eigenvalue weighted by Crippen LogP contribution is 2.30. The summed E-state index contributed by atoms with van der Waals surface area (Å²) < 4.78 is 5.55. The van der Waals surface area contributed by atoms with Crippen molar-refractivity contribution in [2.24, 2.45) is 5.10 Å². The minimum absolute atomic E-state index is 0.530. The molecule has 0 bridgehead atoms. The van der Waals surface area contributed by atoms with Crippen LogP contribution in [0.2, 0.25) is 5.02 Å². The third kappa shape index (κ3) is 6.11. The Labute approximate surface area is 180 Å². The maximum Gasteiger partial charge on any atom is 0.203 e. The first-order chi connectivity index (χ1) is 14.2. The number of rotatable bonds is 10. The summed E-state index contributed by atoms with van der Waals surface area (Å²) in [5, 5.41) is 17.9. The van der Waals surface area contributed by atoms with Crippen molar-refractivity contribution >= 4 is 34.3 Å². The molecule has 1 atom stereocenters. The van der Waals surface area contributed by atoms with E-state index in [0.717, 1.165) is 36.1 Å². The van der Waals surface area contributed by atoms with Gasteiger partial charge in [0.15, 0.2) is 6.29 Å². The summed E-state index contributed by atoms with van der Waals surface area (Å²) in [4.78, 5) is 4.52. The van der Waals surface area contributed by atoms with E-state index in [2.05, 4.69) is 22.4 Å². The van der Waals surface area contributed by atoms with Crippen molar-refractivity contribution in [1.82, 2.24) is 4.98 Å². The van der Waals surface area contributed by atoms with E-state index in [0.29, 0.717) is 22.3 Å². The Hall–Kier alpha value is -2.25. The molecule has 5 nitrogen and oxygen atoms in total. The highest BCUT2D eigenvalue weighted by Gasteiger charge is 2.11. The van der Waals surface area contributed by atoms with Crippen LogP contribution >= 0.6 is 22.9 Å². The zero-order valence-electron chi connectivity index (χ0n) is 16.2. The molecule has 0 amide bonds. The Morgan fingerprint density at radius 2 is 2.00 bits per heavy atom. The lowest BCUT2D eigenvalue weighted by Gasteiger charge is -2.14. The number of hydrazone groups is 1. The molecule has 1 heterocycles. The number of thiazole rings is 1. The van der Waals surface area contributed by atoms with Crippen molar-refractivity contribution in [3.05, 3.63) is 70.1 Å². The molecule has 29 heavy (non-hydrogen) atoms. The molecule has 0 aliphatic rings. The SMILES string of the molecule is CCCCCOC(O)c1ccccc1/C=N/Nc1nc(-c2ccccc2Cl)cs1. The Balaban J connectivity index is 1.63. The molecule has 1 aromatic heterocycles. The van der Waals surface area contributed by atoms with Crippen LogP contribution in [0, 0.1) is 0 Å². The van der Waals surface area contributed by atoms with E-state index in [-0.39, 0.29) is 0 Å². The first-order valence-corrected chi connectivity index (χ1v) is 10.8. The van der Waals surface area contributed by atoms with Crippen molar-refractivity contribution in [2.45, 2.75) is 32.5 Å². The van der Waals surface area contributed by atoms with Crippen molar-refractivity contribution in [1.29, 1.82) is 0 Å². The van der Waals surface area contributed by atoms with E-state index >= 15 is 0 Å². The van der Waals surface area contributed by atoms with E-state index in [9.17, 15) is 5.11 Å². The Kier molecular flexibility index (Phi) is 8.19. The second-order valence-electron chi connectivity index (χ2n) is 6.45. The summed E-state index contributed by atoms with van der Waals surface area (Å²) >= 11 is 7.68. The first kappa shape index (κ1) is 21.5. The average Bonchev–Trinajstić information content (AvgIpc) is 3.20. The lowest BCUT2D eigenvalue weighted by atomic mass is 10.1. The molecule has 152 valence electrons. The molecule has 0 aliphatic heterocycles. The number of aliphatic hydroxyl groups excluding tert-OH is 1. The Bertz CT molecular complexity index is 945. The highest BCUT2D eigenvalue weighted by molar-refractivity contribution is 7.14. The third-order valence-corrected chi connectivity index (χ3v) is 5.38. The molecular formula is C22H24ClN3O2S. The third-order valence-electron chi connectivity index (χ3n) is 4.30. The number of aliphatic hydroxyl groups is 1. The second-order valence-corrected chi connectivity index (χ2v) is 7.71. The van der Waals surface area contributed by atoms with Gasteiger partial charge in [-0.3, -0.25) is 5.43 Å². The molecule has 2 aromatic carbocycles. The molecular weight excluding hydrogens is 406 g/mol. The highest BCUT2D eigenvalue weighted by atomic mass is 35.5. The zero-order valence-corrected chi connectivity index (χ0v) is 17.8. The molecule has 1 unspecified atom stereocenters. The maximum atomic E-state index is 10.3. The number of aromatic nitrogens is 1. The van der Waals surface area contributed by atoms with Crippen molar-refractivity contribution < 1.29 is 9.84 Å². The fraction of sp³-hybridized carbons (Fsp3) is 0.273. The predicted molar refractivity (Wildman–Crippen MR) is 121 cm³/mol. The van der Waals surface area contributed by atoms with Crippen LogP contribution in [0.3, 0.4) is 0 Å². The van der Waals surface area contributed by atoms with Crippen molar-refractivity contribution in [3.63, 3.8) is 0 Å². The Morgan fingerprint density at radius 1 is 1.21 bits per heavy atom. The van der Waals surface area contributed by atoms with Gasteiger partial charge in [0.1, 0.15) is 0 Å². The Morgan fingerprint density at radius 3 is 2.83 bits per heavy atom. The standard InChI is InChI=1S/C22H24ClN3O2S/c1-2-3-8-13-28-21(27)17-10-5-4-9-16(17)14-24-26-22-25-20(15-29-22)18-11-6-7-12-19(18)23/h4-7,9-12,14-15,21,27H,2-3,8,13H2,1H3,(H,25,26)/b24-14+. The molecule has 7 heteroatoms. The van der Waals surface area contributed by atoms with Gasteiger partial charge >= 0.3 is 0 Å². The molecule has 0 saturated carbocycles. The molecule has 0 spiro atoms. The topological polar surface area (TPSA) is 66.7 Å². The predicted octanol–water partition coefficient (Wildman–Crippen LogP) is 6.11. The fourth-order valence-electron chi connectivity index (χ4n) is 2.76. The van der Waals surface area contributed by atoms with Crippen molar-refractivity contribution in [3.8, 4) is 11.3 Å². The number of hydrogen-bond acceptors (Lipinski definition) is 6. The summed E-state index contributed by atoms with van der Waals surface area (Å²) in [6.07, 6.45) is 3.82. The normalized spacial score (nSPS) is 12.4. The number of nitrogens with zero attached hydrogens (tertiary/aromatic N) is 2. The number of anilines is 1. The first-order valence-electron chi connectivity index (χ1n) is 9.57. The summed E-state index contributed by atoms with van der Waals surface area (Å²) in [5.41, 5.74) is 6.09. The minimum Gasteiger partial charge on any atom is -0.364 e. The van der Waals surface area contributed by atoms with Gasteiger partial charge in [0.25, 0.3) is 0 Å². The summed E-state index contributed by atoms with van der Waals surface area (Å²) in [7, 11) is 0. The van der Waals surface area contributed by atoms with Gasteiger partial charge in [-0.2, -0.15) is 5.10 Å². The van der Waals surface area contributed by atoms with E-state index in [4.69, 9.17) is 16.3 Å². The van der Waals surface area contributed by atoms with Crippen LogP contribution in [-0.4, -0.2) is 22.9 Å². The van der Waals surface area contributed by atoms with Gasteiger partial charge in [-0.25, -0.2) is 4.98 Å². The number of hydrogen-bond donors (Lipinski definition) is 2. The van der Waals surface area contributed by atoms with Gasteiger partial charge in [0.2, 0.25) is 5.13 Å². The van der Waals surface area contributed by atoms with E-state index in [1.54, 1.807) is 6.21 Å². The van der Waals surface area contributed by atoms with Crippen LogP contribution in [0.1, 0.15) is 43.6 Å². The number of nitrogens with one attached hydrogen (secondary N) is 1. The molecule has 0 saturated heterocycles. The monoisotopic (exact) mass is 429 g/mol. The fourth-order valence-corrected chi connectivity index (χ4v) is 3.66. The molecule has 3 aromatic rings. The zero-order chi connectivity index (χ0) is 20.5.